The van der Waals surface area contributed by atoms with Crippen molar-refractivity contribution in [3.05, 3.63) is 94.8 Å². The second kappa shape index (κ2) is 9.12. The number of aromatic amines is 1. The Kier molecular flexibility index (Phi) is 6.02. The van der Waals surface area contributed by atoms with Crippen molar-refractivity contribution in [2.24, 2.45) is 0 Å². The molecule has 3 aromatic carbocycles. The largest absolute Gasteiger partial charge is 0.340 e. The van der Waals surface area contributed by atoms with Gasteiger partial charge in [-0.25, -0.2) is 13.4 Å². The lowest BCUT2D eigenvalue weighted by Crippen LogP contribution is -2.38. The Morgan fingerprint density at radius 2 is 1.79 bits per heavy atom. The fourth-order valence-electron chi connectivity index (χ4n) is 4.20. The van der Waals surface area contributed by atoms with Gasteiger partial charge in [0.05, 0.1) is 33.1 Å². The first kappa shape index (κ1) is 22.4. The summed E-state index contributed by atoms with van der Waals surface area (Å²) in [5.41, 5.74) is 3.27. The van der Waals surface area contributed by atoms with Crippen molar-refractivity contribution in [3.8, 4) is 0 Å². The second-order valence-corrected chi connectivity index (χ2v) is 10.6. The summed E-state index contributed by atoms with van der Waals surface area (Å²) in [4.78, 5) is 21.3. The van der Waals surface area contributed by atoms with Gasteiger partial charge in [-0.05, 0) is 48.7 Å². The molecule has 1 atom stereocenters. The van der Waals surface area contributed by atoms with Crippen LogP contribution in [0.5, 0.6) is 0 Å². The molecule has 0 bridgehead atoms. The summed E-state index contributed by atoms with van der Waals surface area (Å²) >= 11 is 6.47. The molecule has 1 aliphatic heterocycles. The van der Waals surface area contributed by atoms with Crippen LogP contribution in [-0.4, -0.2) is 36.6 Å². The highest BCUT2D eigenvalue weighted by molar-refractivity contribution is 7.92. The van der Waals surface area contributed by atoms with Crippen LogP contribution < -0.4 is 9.62 Å². The Bertz CT molecular complexity index is 1420. The number of halogens is 1. The first-order valence-electron chi connectivity index (χ1n) is 11.0. The van der Waals surface area contributed by atoms with Crippen LogP contribution in [0.3, 0.4) is 0 Å². The number of hydrogen-bond acceptors (Lipinski definition) is 4. The Morgan fingerprint density at radius 3 is 2.53 bits per heavy atom. The molecule has 1 aromatic heterocycles. The summed E-state index contributed by atoms with van der Waals surface area (Å²) in [7, 11) is -3.37. The number of anilines is 1. The van der Waals surface area contributed by atoms with Gasteiger partial charge in [0, 0.05) is 6.54 Å². The van der Waals surface area contributed by atoms with Crippen molar-refractivity contribution in [2.75, 3.05) is 16.6 Å². The molecule has 0 aliphatic carbocycles. The third kappa shape index (κ3) is 4.38. The number of aromatic nitrogens is 2. The highest BCUT2D eigenvalue weighted by Crippen LogP contribution is 2.29. The van der Waals surface area contributed by atoms with Gasteiger partial charge in [-0.15, -0.1) is 0 Å². The van der Waals surface area contributed by atoms with Gasteiger partial charge in [-0.1, -0.05) is 54.1 Å². The molecule has 34 heavy (non-hydrogen) atoms. The maximum atomic E-state index is 13.3. The lowest BCUT2D eigenvalue weighted by molar-refractivity contribution is 0.0942. The highest BCUT2D eigenvalue weighted by Gasteiger charge is 2.27. The number of rotatable bonds is 5. The molecule has 0 radical (unpaired) electrons. The van der Waals surface area contributed by atoms with Crippen LogP contribution in [0.2, 0.25) is 5.02 Å². The predicted octanol–water partition coefficient (Wildman–Crippen LogP) is 4.67. The van der Waals surface area contributed by atoms with Gasteiger partial charge in [0.15, 0.2) is 0 Å². The molecule has 1 aliphatic rings. The first-order valence-corrected chi connectivity index (χ1v) is 13.0. The highest BCUT2D eigenvalue weighted by atomic mass is 35.5. The number of fused-ring (bicyclic) bond motifs is 1. The number of sulfonamides is 1. The minimum atomic E-state index is -3.37. The van der Waals surface area contributed by atoms with E-state index >= 15 is 0 Å². The number of benzene rings is 3. The molecule has 1 fully saturated rings. The van der Waals surface area contributed by atoms with Gasteiger partial charge in [0.1, 0.15) is 11.9 Å². The number of hydrogen-bond donors (Lipinski definition) is 2. The zero-order valence-corrected chi connectivity index (χ0v) is 19.8. The maximum absolute atomic E-state index is 13.3. The number of nitrogens with zero attached hydrogens (tertiary/aromatic N) is 2. The number of carbonyl (C=O) groups excluding carboxylic acids is 1. The number of nitrogens with one attached hydrogen (secondary N) is 2. The van der Waals surface area contributed by atoms with Crippen LogP contribution in [0, 0.1) is 0 Å². The van der Waals surface area contributed by atoms with Crippen molar-refractivity contribution >= 4 is 44.3 Å². The molecule has 4 aromatic rings. The average molecular weight is 495 g/mol. The van der Waals surface area contributed by atoms with Crippen molar-refractivity contribution in [1.29, 1.82) is 0 Å². The Morgan fingerprint density at radius 1 is 1.03 bits per heavy atom. The van der Waals surface area contributed by atoms with E-state index in [2.05, 4.69) is 15.3 Å². The molecule has 5 rings (SSSR count). The fraction of sp³-hybridized carbons (Fsp3) is 0.200. The van der Waals surface area contributed by atoms with Crippen LogP contribution >= 0.6 is 11.6 Å². The van der Waals surface area contributed by atoms with Gasteiger partial charge in [-0.3, -0.25) is 9.10 Å². The third-order valence-electron chi connectivity index (χ3n) is 5.92. The van der Waals surface area contributed by atoms with E-state index in [1.165, 1.54) is 10.4 Å². The summed E-state index contributed by atoms with van der Waals surface area (Å²) in [6.45, 7) is 0.409. The molecule has 174 valence electrons. The normalized spacial score (nSPS) is 16.3. The van der Waals surface area contributed by atoms with Crippen LogP contribution in [0.15, 0.2) is 72.8 Å². The van der Waals surface area contributed by atoms with E-state index in [0.717, 1.165) is 23.0 Å². The van der Waals surface area contributed by atoms with Crippen LogP contribution in [0.25, 0.3) is 11.0 Å². The SMILES string of the molecule is O=C(N[C@H](c1ccccc1)c1nc2ccccc2[nH]1)c1ccc(N2CCCCS2(=O)=O)cc1Cl. The van der Waals surface area contributed by atoms with Gasteiger partial charge in [-0.2, -0.15) is 0 Å². The molecular weight excluding hydrogens is 472 g/mol. The van der Waals surface area contributed by atoms with E-state index < -0.39 is 16.1 Å². The summed E-state index contributed by atoms with van der Waals surface area (Å²) in [5, 5.41) is 3.22. The lowest BCUT2D eigenvalue weighted by atomic mass is 10.1. The minimum absolute atomic E-state index is 0.114. The second-order valence-electron chi connectivity index (χ2n) is 8.22. The summed E-state index contributed by atoms with van der Waals surface area (Å²) in [6, 6.07) is 21.4. The Hall–Kier alpha value is -3.36. The van der Waals surface area contributed by atoms with Crippen molar-refractivity contribution in [1.82, 2.24) is 15.3 Å². The van der Waals surface area contributed by atoms with Crippen molar-refractivity contribution in [2.45, 2.75) is 18.9 Å². The monoisotopic (exact) mass is 494 g/mol. The number of amides is 1. The summed E-state index contributed by atoms with van der Waals surface area (Å²) in [6.07, 6.45) is 1.44. The molecule has 0 saturated carbocycles. The maximum Gasteiger partial charge on any atom is 0.253 e. The van der Waals surface area contributed by atoms with E-state index in [-0.39, 0.29) is 22.2 Å². The van der Waals surface area contributed by atoms with Crippen LogP contribution in [0.1, 0.15) is 40.6 Å². The number of imidazole rings is 1. The molecule has 2 N–H and O–H groups in total. The Labute approximate surface area is 202 Å². The first-order chi connectivity index (χ1) is 16.4. The molecule has 9 heteroatoms. The number of H-pyrrole nitrogens is 1. The molecule has 0 spiro atoms. The zero-order valence-electron chi connectivity index (χ0n) is 18.2. The van der Waals surface area contributed by atoms with Crippen molar-refractivity contribution in [3.63, 3.8) is 0 Å². The summed E-state index contributed by atoms with van der Waals surface area (Å²) in [5.74, 6) is 0.337. The number of carbonyl (C=O) groups is 1. The van der Waals surface area contributed by atoms with E-state index in [1.54, 1.807) is 12.1 Å². The van der Waals surface area contributed by atoms with Crippen LogP contribution in [0.4, 0.5) is 5.69 Å². The molecular formula is C25H23ClN4O3S. The molecule has 1 amide bonds. The van der Waals surface area contributed by atoms with E-state index in [9.17, 15) is 13.2 Å². The van der Waals surface area contributed by atoms with Gasteiger partial charge in [0.25, 0.3) is 5.91 Å². The average Bonchev–Trinajstić information content (AvgIpc) is 3.26. The molecule has 1 saturated heterocycles. The van der Waals surface area contributed by atoms with E-state index in [4.69, 9.17) is 11.6 Å². The van der Waals surface area contributed by atoms with Crippen LogP contribution in [-0.2, 0) is 10.0 Å². The lowest BCUT2D eigenvalue weighted by Gasteiger charge is -2.28. The molecule has 0 unspecified atom stereocenters. The van der Waals surface area contributed by atoms with Gasteiger partial charge < -0.3 is 10.3 Å². The van der Waals surface area contributed by atoms with E-state index in [1.807, 2.05) is 54.6 Å². The third-order valence-corrected chi connectivity index (χ3v) is 8.11. The minimum Gasteiger partial charge on any atom is -0.340 e. The number of para-hydroxylation sites is 2. The standard InChI is InChI=1S/C25H23ClN4O3S/c26-20-16-18(30-14-6-7-15-34(30,32)33)12-13-19(20)25(31)29-23(17-8-2-1-3-9-17)24-27-21-10-4-5-11-22(21)28-24/h1-5,8-13,16,23H,6-7,14-15H2,(H,27,28)(H,29,31)/t23-/m1/s1. The van der Waals surface area contributed by atoms with E-state index in [0.29, 0.717) is 24.5 Å². The molecule has 7 nitrogen and oxygen atoms in total. The smallest absolute Gasteiger partial charge is 0.253 e. The molecule has 2 heterocycles. The van der Waals surface area contributed by atoms with Gasteiger partial charge in [0.2, 0.25) is 10.0 Å². The van der Waals surface area contributed by atoms with Crippen molar-refractivity contribution < 1.29 is 13.2 Å². The zero-order chi connectivity index (χ0) is 23.7. The topological polar surface area (TPSA) is 95.2 Å². The summed E-state index contributed by atoms with van der Waals surface area (Å²) < 4.78 is 26.2. The van der Waals surface area contributed by atoms with Gasteiger partial charge >= 0.3 is 0 Å². The predicted molar refractivity (Wildman–Crippen MR) is 134 cm³/mol. The Balaban J connectivity index is 1.45. The quantitative estimate of drug-likeness (QED) is 0.421. The fourth-order valence-corrected chi connectivity index (χ4v) is 6.09.